The molecule has 0 saturated heterocycles. The molecule has 6 heteroatoms. The molecular weight excluding hydrogens is 406 g/mol. The van der Waals surface area contributed by atoms with Crippen LogP contribution in [0.25, 0.3) is 0 Å². The van der Waals surface area contributed by atoms with E-state index in [1.165, 1.54) is 0 Å². The highest BCUT2D eigenvalue weighted by Gasteiger charge is 2.65. The molecule has 6 nitrogen and oxygen atoms in total. The molecule has 4 aliphatic carbocycles. The number of carbonyl (C=O) groups excluding carboxylic acids is 1. The van der Waals surface area contributed by atoms with E-state index in [2.05, 4.69) is 26.1 Å². The van der Waals surface area contributed by atoms with Crippen LogP contribution in [0, 0.1) is 46.3 Å². The summed E-state index contributed by atoms with van der Waals surface area (Å²) in [5, 5.41) is 35.2. The molecule has 182 valence electrons. The number of aliphatic hydroxyl groups is 2. The Bertz CT molecular complexity index is 742. The number of carboxylic acids is 1. The zero-order valence-electron chi connectivity index (χ0n) is 20.2. The van der Waals surface area contributed by atoms with Crippen LogP contribution < -0.4 is 5.32 Å². The Balaban J connectivity index is 1.56. The molecule has 0 aromatic rings. The highest BCUT2D eigenvalue weighted by atomic mass is 16.4. The molecule has 0 aromatic heterocycles. The lowest BCUT2D eigenvalue weighted by Crippen LogP contribution is -2.63. The Morgan fingerprint density at radius 3 is 2.44 bits per heavy atom. The molecule has 0 aliphatic heterocycles. The number of nitrogens with one attached hydrogen (secondary N) is 1. The predicted octanol–water partition coefficient (Wildman–Crippen LogP) is 3.59. The average Bonchev–Trinajstić information content (AvgIpc) is 3.06. The van der Waals surface area contributed by atoms with E-state index in [0.29, 0.717) is 24.2 Å². The van der Waals surface area contributed by atoms with Crippen molar-refractivity contribution in [1.29, 1.82) is 0 Å². The van der Waals surface area contributed by atoms with Gasteiger partial charge in [0, 0.05) is 19.4 Å². The first-order valence-corrected chi connectivity index (χ1v) is 12.8. The van der Waals surface area contributed by atoms with Crippen molar-refractivity contribution < 1.29 is 24.9 Å². The van der Waals surface area contributed by atoms with Gasteiger partial charge in [0.2, 0.25) is 5.91 Å². The number of amides is 1. The van der Waals surface area contributed by atoms with E-state index in [0.717, 1.165) is 44.9 Å². The normalized spacial score (nSPS) is 48.8. The van der Waals surface area contributed by atoms with Gasteiger partial charge in [0.05, 0.1) is 12.2 Å². The third-order valence-electron chi connectivity index (χ3n) is 10.8. The van der Waals surface area contributed by atoms with Crippen molar-refractivity contribution in [1.82, 2.24) is 5.32 Å². The number of hydrogen-bond acceptors (Lipinski definition) is 4. The van der Waals surface area contributed by atoms with Crippen molar-refractivity contribution in [2.24, 2.45) is 46.3 Å². The van der Waals surface area contributed by atoms with Gasteiger partial charge in [-0.2, -0.15) is 0 Å². The molecule has 0 bridgehead atoms. The number of hydrogen-bond donors (Lipinski definition) is 4. The maximum atomic E-state index is 11.6. The number of aliphatic carboxylic acids is 1. The fourth-order valence-corrected chi connectivity index (χ4v) is 9.13. The summed E-state index contributed by atoms with van der Waals surface area (Å²) >= 11 is 0. The minimum atomic E-state index is -0.752. The van der Waals surface area contributed by atoms with Gasteiger partial charge in [0.25, 0.3) is 0 Å². The lowest BCUT2D eigenvalue weighted by molar-refractivity contribution is -0.202. The van der Waals surface area contributed by atoms with Gasteiger partial charge in [0.15, 0.2) is 0 Å². The lowest BCUT2D eigenvalue weighted by atomic mass is 9.43. The van der Waals surface area contributed by atoms with Gasteiger partial charge in [-0.25, -0.2) is 0 Å². The first-order chi connectivity index (χ1) is 15.0. The molecule has 0 unspecified atom stereocenters. The van der Waals surface area contributed by atoms with E-state index in [4.69, 9.17) is 5.11 Å². The topological polar surface area (TPSA) is 107 Å². The van der Waals surface area contributed by atoms with Gasteiger partial charge in [-0.1, -0.05) is 20.8 Å². The summed E-state index contributed by atoms with van der Waals surface area (Å²) in [6.07, 6.45) is 6.53. The summed E-state index contributed by atoms with van der Waals surface area (Å²) in [6.45, 7) is 8.33. The van der Waals surface area contributed by atoms with Crippen LogP contribution in [0.5, 0.6) is 0 Å². The van der Waals surface area contributed by atoms with Crippen molar-refractivity contribution in [2.75, 3.05) is 0 Å². The van der Waals surface area contributed by atoms with Crippen LogP contribution in [0.3, 0.4) is 0 Å². The van der Waals surface area contributed by atoms with E-state index >= 15 is 0 Å². The van der Waals surface area contributed by atoms with Crippen LogP contribution in [-0.2, 0) is 9.59 Å². The second-order valence-electron chi connectivity index (χ2n) is 12.2. The number of fused-ring (bicyclic) bond motifs is 5. The van der Waals surface area contributed by atoms with Gasteiger partial charge in [-0.3, -0.25) is 9.59 Å². The predicted molar refractivity (Wildman–Crippen MR) is 122 cm³/mol. The number of carbonyl (C=O) groups is 2. The molecule has 0 aromatic carbocycles. The maximum Gasteiger partial charge on any atom is 0.303 e. The molecule has 4 aliphatic rings. The van der Waals surface area contributed by atoms with Crippen molar-refractivity contribution in [3.05, 3.63) is 0 Å². The first kappa shape index (κ1) is 24.0. The van der Waals surface area contributed by atoms with Gasteiger partial charge in [-0.05, 0) is 97.7 Å². The Hall–Kier alpha value is -1.14. The summed E-state index contributed by atoms with van der Waals surface area (Å²) in [5.74, 6) is 0.986. The molecule has 4 N–H and O–H groups in total. The molecule has 4 fully saturated rings. The van der Waals surface area contributed by atoms with Crippen LogP contribution in [0.1, 0.15) is 85.5 Å². The summed E-state index contributed by atoms with van der Waals surface area (Å²) < 4.78 is 0. The SMILES string of the molecule is CC(=O)N[C@@H]1CC[C@@]2(C)[C@@H](C1)C[C@@H](O)[C@@H]1[C@@H]2C[C@H](O)[C@]2(C)[C@@H]([C@H](C)CCC(=O)O)CC[C@@H]12. The number of carboxylic acid groups (broad SMARTS) is 1. The van der Waals surface area contributed by atoms with Crippen molar-refractivity contribution in [2.45, 2.75) is 104 Å². The van der Waals surface area contributed by atoms with Crippen LogP contribution in [0.4, 0.5) is 0 Å². The van der Waals surface area contributed by atoms with E-state index in [1.807, 2.05) is 0 Å². The Morgan fingerprint density at radius 2 is 1.78 bits per heavy atom. The standard InChI is InChI=1S/C26H43NO5/c1-14(5-8-23(31)32)18-6-7-19-24-20(13-22(30)26(18,19)4)25(3)10-9-17(27-15(2)28)11-16(25)12-21(24)29/h14,16-22,24,29-30H,5-13H2,1-4H3,(H,27,28)(H,31,32)/t14-,16+,17-,18-,19+,20+,21-,22+,24+,25+,26-/m1/s1. The van der Waals surface area contributed by atoms with Gasteiger partial charge < -0.3 is 20.6 Å². The average molecular weight is 450 g/mol. The Labute approximate surface area is 192 Å². The molecule has 0 heterocycles. The summed E-state index contributed by atoms with van der Waals surface area (Å²) in [4.78, 5) is 22.7. The lowest BCUT2D eigenvalue weighted by Gasteiger charge is -2.63. The van der Waals surface area contributed by atoms with Crippen molar-refractivity contribution in [3.8, 4) is 0 Å². The highest BCUT2D eigenvalue weighted by molar-refractivity contribution is 5.73. The van der Waals surface area contributed by atoms with E-state index in [9.17, 15) is 19.8 Å². The Kier molecular flexibility index (Phi) is 6.43. The maximum absolute atomic E-state index is 11.6. The third-order valence-corrected chi connectivity index (χ3v) is 10.8. The zero-order chi connectivity index (χ0) is 23.4. The quantitative estimate of drug-likeness (QED) is 0.513. The van der Waals surface area contributed by atoms with Crippen LogP contribution >= 0.6 is 0 Å². The fraction of sp³-hybridized carbons (Fsp3) is 0.923. The number of aliphatic hydroxyl groups excluding tert-OH is 2. The largest absolute Gasteiger partial charge is 0.481 e. The number of rotatable bonds is 5. The van der Waals surface area contributed by atoms with Gasteiger partial charge in [-0.15, -0.1) is 0 Å². The monoisotopic (exact) mass is 449 g/mol. The van der Waals surface area contributed by atoms with Crippen LogP contribution in [0.15, 0.2) is 0 Å². The summed E-state index contributed by atoms with van der Waals surface area (Å²) in [7, 11) is 0. The van der Waals surface area contributed by atoms with E-state index in [-0.39, 0.29) is 53.1 Å². The van der Waals surface area contributed by atoms with Crippen LogP contribution in [-0.4, -0.2) is 45.4 Å². The van der Waals surface area contributed by atoms with Gasteiger partial charge in [0.1, 0.15) is 0 Å². The molecule has 1 amide bonds. The minimum Gasteiger partial charge on any atom is -0.481 e. The van der Waals surface area contributed by atoms with E-state index in [1.54, 1.807) is 6.92 Å². The van der Waals surface area contributed by atoms with Crippen molar-refractivity contribution in [3.63, 3.8) is 0 Å². The van der Waals surface area contributed by atoms with Crippen molar-refractivity contribution >= 4 is 11.9 Å². The molecule has 4 saturated carbocycles. The molecule has 0 radical (unpaired) electrons. The summed E-state index contributed by atoms with van der Waals surface area (Å²) in [5.41, 5.74) is -0.162. The minimum absolute atomic E-state index is 0.0192. The molecule has 0 spiro atoms. The molecule has 4 rings (SSSR count). The first-order valence-electron chi connectivity index (χ1n) is 12.8. The smallest absolute Gasteiger partial charge is 0.303 e. The fourth-order valence-electron chi connectivity index (χ4n) is 9.13. The third kappa shape index (κ3) is 3.79. The van der Waals surface area contributed by atoms with Gasteiger partial charge >= 0.3 is 5.97 Å². The van der Waals surface area contributed by atoms with Crippen LogP contribution in [0.2, 0.25) is 0 Å². The highest BCUT2D eigenvalue weighted by Crippen LogP contribution is 2.68. The molecule has 11 atom stereocenters. The second-order valence-corrected chi connectivity index (χ2v) is 12.2. The Morgan fingerprint density at radius 1 is 1.06 bits per heavy atom. The zero-order valence-corrected chi connectivity index (χ0v) is 20.2. The molecular formula is C26H43NO5. The van der Waals surface area contributed by atoms with E-state index < -0.39 is 12.1 Å². The summed E-state index contributed by atoms with van der Waals surface area (Å²) in [6, 6.07) is 0.194. The molecule has 32 heavy (non-hydrogen) atoms. The second kappa shape index (κ2) is 8.57.